The van der Waals surface area contributed by atoms with Crippen molar-refractivity contribution in [1.82, 2.24) is 9.55 Å². The smallest absolute Gasteiger partial charge is 0.220 e. The molecule has 2 aliphatic rings. The second-order valence-corrected chi connectivity index (χ2v) is 10.5. The Hall–Kier alpha value is -4.63. The van der Waals surface area contributed by atoms with Gasteiger partial charge < -0.3 is 0 Å². The molecule has 0 fully saturated rings. The molecule has 0 N–H and O–H groups in total. The van der Waals surface area contributed by atoms with Crippen LogP contribution in [0.25, 0.3) is 44.7 Å². The number of hydrogen-bond donors (Lipinski definition) is 0. The van der Waals surface area contributed by atoms with E-state index in [1.165, 1.54) is 38.6 Å². The van der Waals surface area contributed by atoms with E-state index in [4.69, 9.17) is 4.98 Å². The fourth-order valence-electron chi connectivity index (χ4n) is 6.42. The van der Waals surface area contributed by atoms with Crippen LogP contribution in [0.2, 0.25) is 0 Å². The van der Waals surface area contributed by atoms with Crippen LogP contribution in [-0.2, 0) is 5.41 Å². The minimum Gasteiger partial charge on any atom is -0.286 e. The summed E-state index contributed by atoms with van der Waals surface area (Å²) in [5.41, 5.74) is 11.1. The number of hydrogen-bond acceptors (Lipinski definition) is 2. The minimum atomic E-state index is -0.0289. The number of nitrogens with zero attached hydrogens (tertiary/aromatic N) is 3. The van der Waals surface area contributed by atoms with Gasteiger partial charge in [0, 0.05) is 22.7 Å². The van der Waals surface area contributed by atoms with E-state index in [1.54, 1.807) is 0 Å². The van der Waals surface area contributed by atoms with Gasteiger partial charge in [-0.15, -0.1) is 0 Å². The summed E-state index contributed by atoms with van der Waals surface area (Å²) in [6.07, 6.45) is 4.49. The first-order chi connectivity index (χ1) is 18.1. The first-order valence-corrected chi connectivity index (χ1v) is 12.8. The zero-order chi connectivity index (χ0) is 24.7. The highest BCUT2D eigenvalue weighted by Gasteiger charge is 2.38. The van der Waals surface area contributed by atoms with E-state index in [1.807, 2.05) is 0 Å². The lowest BCUT2D eigenvalue weighted by Gasteiger charge is -2.28. The molecule has 0 saturated carbocycles. The summed E-state index contributed by atoms with van der Waals surface area (Å²) in [6.45, 7) is 4.70. The molecule has 3 nitrogen and oxygen atoms in total. The monoisotopic (exact) mass is 475 g/mol. The maximum absolute atomic E-state index is 5.14. The van der Waals surface area contributed by atoms with Gasteiger partial charge in [0.25, 0.3) is 0 Å². The SMILES string of the molecule is CC1(C)c2ccccc2-c2c1cc1cccc3c1c2C=CN3c1nc2ccccc2n1-c1ccccc1. The highest BCUT2D eigenvalue weighted by Crippen LogP contribution is 2.54. The molecule has 0 spiro atoms. The molecule has 0 saturated heterocycles. The fraction of sp³-hybridized carbons (Fsp3) is 0.0882. The third-order valence-electron chi connectivity index (χ3n) is 8.15. The average molecular weight is 476 g/mol. The molecule has 37 heavy (non-hydrogen) atoms. The van der Waals surface area contributed by atoms with Crippen LogP contribution in [0, 0.1) is 0 Å². The molecule has 0 atom stereocenters. The maximum atomic E-state index is 5.14. The molecule has 1 aliphatic carbocycles. The zero-order valence-corrected chi connectivity index (χ0v) is 20.8. The Morgan fingerprint density at radius 1 is 0.730 bits per heavy atom. The summed E-state index contributed by atoms with van der Waals surface area (Å²) >= 11 is 0. The lowest BCUT2D eigenvalue weighted by molar-refractivity contribution is 0.661. The first-order valence-electron chi connectivity index (χ1n) is 12.8. The van der Waals surface area contributed by atoms with Crippen LogP contribution < -0.4 is 4.90 Å². The van der Waals surface area contributed by atoms with Crippen LogP contribution in [-0.4, -0.2) is 9.55 Å². The van der Waals surface area contributed by atoms with Gasteiger partial charge in [-0.05, 0) is 75.7 Å². The standard InChI is InChI=1S/C34H25N3/c1-34(2)26-15-7-6-14-24(26)32-25-19-20-36(30-18-10-11-22(31(25)30)21-27(32)34)33-35-28-16-8-9-17-29(28)37(33)23-12-4-3-5-13-23/h3-21H,1-2H3. The Morgan fingerprint density at radius 2 is 1.51 bits per heavy atom. The Kier molecular flexibility index (Phi) is 4.00. The van der Waals surface area contributed by atoms with E-state index < -0.39 is 0 Å². The van der Waals surface area contributed by atoms with Crippen LogP contribution in [0.4, 0.5) is 11.6 Å². The molecule has 2 heterocycles. The van der Waals surface area contributed by atoms with E-state index in [-0.39, 0.29) is 5.41 Å². The number of rotatable bonds is 2. The summed E-state index contributed by atoms with van der Waals surface area (Å²) in [5, 5.41) is 2.55. The highest BCUT2D eigenvalue weighted by atomic mass is 15.3. The lowest BCUT2D eigenvalue weighted by atomic mass is 9.81. The molecule has 0 bridgehead atoms. The number of aromatic nitrogens is 2. The third kappa shape index (κ3) is 2.69. The largest absolute Gasteiger partial charge is 0.286 e. The molecular weight excluding hydrogens is 450 g/mol. The molecule has 8 rings (SSSR count). The summed E-state index contributed by atoms with van der Waals surface area (Å²) in [6, 6.07) is 36.8. The topological polar surface area (TPSA) is 21.1 Å². The van der Waals surface area contributed by atoms with Gasteiger partial charge >= 0.3 is 0 Å². The molecule has 0 unspecified atom stereocenters. The second-order valence-electron chi connectivity index (χ2n) is 10.5. The van der Waals surface area contributed by atoms with E-state index in [0.717, 1.165) is 28.4 Å². The van der Waals surface area contributed by atoms with Gasteiger partial charge in [-0.2, -0.15) is 0 Å². The van der Waals surface area contributed by atoms with Gasteiger partial charge in [-0.25, -0.2) is 4.98 Å². The van der Waals surface area contributed by atoms with E-state index in [0.29, 0.717) is 0 Å². The number of fused-ring (bicyclic) bond motifs is 5. The van der Waals surface area contributed by atoms with Crippen molar-refractivity contribution in [2.24, 2.45) is 0 Å². The van der Waals surface area contributed by atoms with Gasteiger partial charge in [0.2, 0.25) is 5.95 Å². The molecule has 1 aliphatic heterocycles. The highest BCUT2D eigenvalue weighted by molar-refractivity contribution is 6.10. The molecular formula is C34H25N3. The van der Waals surface area contributed by atoms with Gasteiger partial charge in [0.1, 0.15) is 0 Å². The molecule has 176 valence electrons. The Balaban J connectivity index is 1.42. The summed E-state index contributed by atoms with van der Waals surface area (Å²) in [5.74, 6) is 0.892. The van der Waals surface area contributed by atoms with Crippen LogP contribution in [0.3, 0.4) is 0 Å². The van der Waals surface area contributed by atoms with Gasteiger partial charge in [-0.3, -0.25) is 9.47 Å². The van der Waals surface area contributed by atoms with Crippen LogP contribution in [0.1, 0.15) is 30.5 Å². The van der Waals surface area contributed by atoms with Crippen LogP contribution in [0.5, 0.6) is 0 Å². The van der Waals surface area contributed by atoms with Crippen LogP contribution in [0.15, 0.2) is 109 Å². The van der Waals surface area contributed by atoms with Gasteiger partial charge in [0.05, 0.1) is 16.7 Å². The van der Waals surface area contributed by atoms with Gasteiger partial charge in [-0.1, -0.05) is 80.6 Å². The van der Waals surface area contributed by atoms with E-state index in [2.05, 4.69) is 139 Å². The summed E-state index contributed by atoms with van der Waals surface area (Å²) in [4.78, 5) is 7.39. The van der Waals surface area contributed by atoms with Crippen molar-refractivity contribution in [2.45, 2.75) is 19.3 Å². The molecule has 3 heteroatoms. The van der Waals surface area contributed by atoms with E-state index >= 15 is 0 Å². The van der Waals surface area contributed by atoms with E-state index in [9.17, 15) is 0 Å². The normalized spacial score (nSPS) is 14.8. The average Bonchev–Trinajstić information content (AvgIpc) is 3.43. The van der Waals surface area contributed by atoms with Crippen molar-refractivity contribution in [1.29, 1.82) is 0 Å². The predicted octanol–water partition coefficient (Wildman–Crippen LogP) is 8.61. The lowest BCUT2D eigenvalue weighted by Crippen LogP contribution is -2.18. The van der Waals surface area contributed by atoms with Crippen molar-refractivity contribution in [3.8, 4) is 16.8 Å². The fourth-order valence-corrected chi connectivity index (χ4v) is 6.42. The second kappa shape index (κ2) is 7.21. The van der Waals surface area contributed by atoms with Crippen molar-refractivity contribution < 1.29 is 0 Å². The van der Waals surface area contributed by atoms with Crippen molar-refractivity contribution in [3.63, 3.8) is 0 Å². The Bertz CT molecular complexity index is 1910. The maximum Gasteiger partial charge on any atom is 0.220 e. The molecule has 1 aromatic heterocycles. The third-order valence-corrected chi connectivity index (χ3v) is 8.15. The number of anilines is 2. The zero-order valence-electron chi connectivity index (χ0n) is 20.8. The molecule has 6 aromatic rings. The van der Waals surface area contributed by atoms with Crippen molar-refractivity contribution in [3.05, 3.63) is 126 Å². The Morgan fingerprint density at radius 3 is 2.41 bits per heavy atom. The predicted molar refractivity (Wildman–Crippen MR) is 154 cm³/mol. The molecule has 0 radical (unpaired) electrons. The van der Waals surface area contributed by atoms with Gasteiger partial charge in [0.15, 0.2) is 0 Å². The van der Waals surface area contributed by atoms with Crippen LogP contribution >= 0.6 is 0 Å². The number of imidazole rings is 1. The number of benzene rings is 5. The molecule has 5 aromatic carbocycles. The van der Waals surface area contributed by atoms with Crippen molar-refractivity contribution >= 4 is 39.5 Å². The Labute approximate surface area is 215 Å². The van der Waals surface area contributed by atoms with Crippen molar-refractivity contribution in [2.75, 3.05) is 4.90 Å². The quantitative estimate of drug-likeness (QED) is 0.250. The first kappa shape index (κ1) is 20.6. The summed E-state index contributed by atoms with van der Waals surface area (Å²) in [7, 11) is 0. The minimum absolute atomic E-state index is 0.0289. The summed E-state index contributed by atoms with van der Waals surface area (Å²) < 4.78 is 2.26. The number of para-hydroxylation sites is 3. The molecule has 0 amide bonds.